The minimum Gasteiger partial charge on any atom is -0.485 e. The molecule has 2 aliphatic heterocycles. The summed E-state index contributed by atoms with van der Waals surface area (Å²) in [6.07, 6.45) is -0.723. The number of benzene rings is 1. The third kappa shape index (κ3) is 3.64. The number of halogens is 1. The van der Waals surface area contributed by atoms with Gasteiger partial charge >= 0.3 is 0 Å². The molecule has 1 aromatic heterocycles. The van der Waals surface area contributed by atoms with Crippen molar-refractivity contribution in [2.24, 2.45) is 0 Å². The molecule has 4 rings (SSSR count). The van der Waals surface area contributed by atoms with E-state index in [0.717, 1.165) is 11.3 Å². The highest BCUT2D eigenvalue weighted by molar-refractivity contribution is 7.91. The van der Waals surface area contributed by atoms with Crippen molar-refractivity contribution in [1.29, 1.82) is 0 Å². The summed E-state index contributed by atoms with van der Waals surface area (Å²) in [4.78, 5) is 14.4. The Morgan fingerprint density at radius 1 is 1.07 bits per heavy atom. The van der Waals surface area contributed by atoms with Gasteiger partial charge in [0.05, 0.1) is 4.34 Å². The van der Waals surface area contributed by atoms with Crippen molar-refractivity contribution in [2.75, 3.05) is 32.8 Å². The number of para-hydroxylation sites is 2. The van der Waals surface area contributed by atoms with Gasteiger partial charge in [-0.2, -0.15) is 4.31 Å². The molecule has 2 aromatic rings. The molecule has 1 aromatic carbocycles. The summed E-state index contributed by atoms with van der Waals surface area (Å²) in [5, 5.41) is 0. The first-order valence-corrected chi connectivity index (χ1v) is 11.0. The summed E-state index contributed by atoms with van der Waals surface area (Å²) in [5.74, 6) is 0.964. The maximum absolute atomic E-state index is 12.7. The Morgan fingerprint density at radius 3 is 2.44 bits per heavy atom. The molecule has 10 heteroatoms. The Kier molecular flexibility index (Phi) is 5.02. The number of nitrogens with zero attached hydrogens (tertiary/aromatic N) is 2. The van der Waals surface area contributed by atoms with Gasteiger partial charge in [-0.25, -0.2) is 8.42 Å². The molecule has 2 aliphatic rings. The Labute approximate surface area is 166 Å². The van der Waals surface area contributed by atoms with Gasteiger partial charge < -0.3 is 14.4 Å². The monoisotopic (exact) mass is 428 g/mol. The lowest BCUT2D eigenvalue weighted by Crippen LogP contribution is -2.54. The summed E-state index contributed by atoms with van der Waals surface area (Å²) in [6, 6.07) is 10.3. The van der Waals surface area contributed by atoms with Crippen LogP contribution in [0, 0.1) is 0 Å². The van der Waals surface area contributed by atoms with E-state index in [9.17, 15) is 13.2 Å². The Balaban J connectivity index is 1.39. The molecule has 144 valence electrons. The van der Waals surface area contributed by atoms with E-state index in [1.807, 2.05) is 12.1 Å². The predicted octanol–water partition coefficient (Wildman–Crippen LogP) is 2.07. The molecule has 0 spiro atoms. The number of sulfonamides is 1. The standard InChI is InChI=1S/C17H17ClN2O5S2/c18-15-5-6-16(26-15)27(22,23)20-9-7-19(8-10-20)17(21)14-11-24-12-3-1-2-4-13(12)25-14/h1-6,14H,7-11H2/t14-/m0/s1. The zero-order valence-electron chi connectivity index (χ0n) is 14.2. The first-order chi connectivity index (χ1) is 12.9. The van der Waals surface area contributed by atoms with Crippen LogP contribution in [-0.4, -0.2) is 62.4 Å². The van der Waals surface area contributed by atoms with Gasteiger partial charge in [0.1, 0.15) is 10.8 Å². The Bertz CT molecular complexity index is 954. The maximum atomic E-state index is 12.7. The topological polar surface area (TPSA) is 76.2 Å². The average molecular weight is 429 g/mol. The molecule has 1 saturated heterocycles. The van der Waals surface area contributed by atoms with Gasteiger partial charge in [0.15, 0.2) is 11.5 Å². The maximum Gasteiger partial charge on any atom is 0.267 e. The summed E-state index contributed by atoms with van der Waals surface area (Å²) in [7, 11) is -3.58. The van der Waals surface area contributed by atoms with Crippen molar-refractivity contribution in [3.63, 3.8) is 0 Å². The van der Waals surface area contributed by atoms with E-state index in [1.54, 1.807) is 23.1 Å². The SMILES string of the molecule is O=C([C@@H]1COc2ccccc2O1)N1CCN(S(=O)(=O)c2ccc(Cl)s2)CC1. The average Bonchev–Trinajstić information content (AvgIpc) is 3.14. The third-order valence-electron chi connectivity index (χ3n) is 4.48. The van der Waals surface area contributed by atoms with Crippen LogP contribution in [0.2, 0.25) is 4.34 Å². The highest BCUT2D eigenvalue weighted by atomic mass is 35.5. The molecule has 0 aliphatic carbocycles. The van der Waals surface area contributed by atoms with Crippen LogP contribution in [0.15, 0.2) is 40.6 Å². The number of rotatable bonds is 3. The number of hydrogen-bond donors (Lipinski definition) is 0. The fourth-order valence-electron chi connectivity index (χ4n) is 3.06. The Morgan fingerprint density at radius 2 is 1.78 bits per heavy atom. The molecule has 27 heavy (non-hydrogen) atoms. The van der Waals surface area contributed by atoms with Crippen LogP contribution in [-0.2, 0) is 14.8 Å². The minimum absolute atomic E-state index is 0.141. The van der Waals surface area contributed by atoms with Gasteiger partial charge in [0.2, 0.25) is 6.10 Å². The summed E-state index contributed by atoms with van der Waals surface area (Å²) < 4.78 is 38.7. The van der Waals surface area contributed by atoms with Crippen LogP contribution < -0.4 is 9.47 Å². The van der Waals surface area contributed by atoms with E-state index in [1.165, 1.54) is 10.4 Å². The zero-order chi connectivity index (χ0) is 19.0. The highest BCUT2D eigenvalue weighted by Gasteiger charge is 2.35. The van der Waals surface area contributed by atoms with Gasteiger partial charge in [-0.05, 0) is 24.3 Å². The fourth-order valence-corrected chi connectivity index (χ4v) is 6.12. The largest absolute Gasteiger partial charge is 0.485 e. The van der Waals surface area contributed by atoms with Crippen LogP contribution in [0.5, 0.6) is 11.5 Å². The number of amides is 1. The molecule has 0 bridgehead atoms. The van der Waals surface area contributed by atoms with E-state index < -0.39 is 16.1 Å². The minimum atomic E-state index is -3.58. The smallest absolute Gasteiger partial charge is 0.267 e. The van der Waals surface area contributed by atoms with E-state index in [0.29, 0.717) is 28.9 Å². The lowest BCUT2D eigenvalue weighted by atomic mass is 10.2. The normalized spacial score (nSPS) is 20.5. The van der Waals surface area contributed by atoms with Crippen LogP contribution in [0.25, 0.3) is 0 Å². The number of ether oxygens (including phenoxy) is 2. The van der Waals surface area contributed by atoms with Crippen LogP contribution in [0.1, 0.15) is 0 Å². The summed E-state index contributed by atoms with van der Waals surface area (Å²) in [5.41, 5.74) is 0. The van der Waals surface area contributed by atoms with Gasteiger partial charge in [-0.1, -0.05) is 23.7 Å². The van der Waals surface area contributed by atoms with Crippen molar-refractivity contribution in [3.8, 4) is 11.5 Å². The molecule has 0 radical (unpaired) electrons. The van der Waals surface area contributed by atoms with Crippen LogP contribution in [0.3, 0.4) is 0 Å². The summed E-state index contributed by atoms with van der Waals surface area (Å²) >= 11 is 6.88. The molecular formula is C17H17ClN2O5S2. The molecule has 0 unspecified atom stereocenters. The quantitative estimate of drug-likeness (QED) is 0.748. The third-order valence-corrected chi connectivity index (χ3v) is 8.07. The highest BCUT2D eigenvalue weighted by Crippen LogP contribution is 2.32. The lowest BCUT2D eigenvalue weighted by Gasteiger charge is -2.36. The molecule has 0 N–H and O–H groups in total. The number of carbonyl (C=O) groups is 1. The molecular weight excluding hydrogens is 412 g/mol. The van der Waals surface area contributed by atoms with Crippen molar-refractivity contribution in [2.45, 2.75) is 10.3 Å². The van der Waals surface area contributed by atoms with Gasteiger partial charge in [0.25, 0.3) is 15.9 Å². The first kappa shape index (κ1) is 18.5. The molecule has 1 atom stereocenters. The number of hydrogen-bond acceptors (Lipinski definition) is 6. The molecule has 1 amide bonds. The lowest BCUT2D eigenvalue weighted by molar-refractivity contribution is -0.142. The van der Waals surface area contributed by atoms with Crippen molar-refractivity contribution < 1.29 is 22.7 Å². The molecule has 7 nitrogen and oxygen atoms in total. The second-order valence-corrected chi connectivity index (χ2v) is 10.0. The van der Waals surface area contributed by atoms with Crippen LogP contribution in [0.4, 0.5) is 0 Å². The van der Waals surface area contributed by atoms with Crippen molar-refractivity contribution in [1.82, 2.24) is 9.21 Å². The molecule has 3 heterocycles. The summed E-state index contributed by atoms with van der Waals surface area (Å²) in [6.45, 7) is 1.21. The van der Waals surface area contributed by atoms with Crippen LogP contribution >= 0.6 is 22.9 Å². The molecule has 1 fully saturated rings. The zero-order valence-corrected chi connectivity index (χ0v) is 16.6. The first-order valence-electron chi connectivity index (χ1n) is 8.38. The van der Waals surface area contributed by atoms with Gasteiger partial charge in [0, 0.05) is 26.2 Å². The van der Waals surface area contributed by atoms with Gasteiger partial charge in [-0.15, -0.1) is 11.3 Å². The van der Waals surface area contributed by atoms with E-state index >= 15 is 0 Å². The van der Waals surface area contributed by atoms with Crippen molar-refractivity contribution >= 4 is 38.9 Å². The number of carbonyl (C=O) groups excluding carboxylic acids is 1. The molecule has 0 saturated carbocycles. The second kappa shape index (κ2) is 7.31. The Hall–Kier alpha value is -1.81. The van der Waals surface area contributed by atoms with E-state index in [-0.39, 0.29) is 29.8 Å². The van der Waals surface area contributed by atoms with E-state index in [2.05, 4.69) is 0 Å². The number of piperazine rings is 1. The number of fused-ring (bicyclic) bond motifs is 1. The van der Waals surface area contributed by atoms with Gasteiger partial charge in [-0.3, -0.25) is 4.79 Å². The predicted molar refractivity (Wildman–Crippen MR) is 101 cm³/mol. The fraction of sp³-hybridized carbons (Fsp3) is 0.353. The van der Waals surface area contributed by atoms with Crippen molar-refractivity contribution in [3.05, 3.63) is 40.7 Å². The second-order valence-electron chi connectivity index (χ2n) is 6.15. The van der Waals surface area contributed by atoms with E-state index in [4.69, 9.17) is 21.1 Å². The number of thiophene rings is 1.